The summed E-state index contributed by atoms with van der Waals surface area (Å²) < 4.78 is 34.8. The lowest BCUT2D eigenvalue weighted by atomic mass is 10.3. The summed E-state index contributed by atoms with van der Waals surface area (Å²) in [6.07, 6.45) is 0. The van der Waals surface area contributed by atoms with E-state index in [1.165, 1.54) is 34.2 Å². The number of nitrogens with one attached hydrogen (secondary N) is 1. The third-order valence-electron chi connectivity index (χ3n) is 4.73. The fraction of sp³-hybridized carbons (Fsp3) is 0.174. The van der Waals surface area contributed by atoms with Gasteiger partial charge in [0.05, 0.1) is 27.0 Å². The van der Waals surface area contributed by atoms with Crippen molar-refractivity contribution < 1.29 is 13.2 Å². The van der Waals surface area contributed by atoms with Crippen LogP contribution < -0.4 is 15.0 Å². The van der Waals surface area contributed by atoms with Gasteiger partial charge in [0, 0.05) is 12.6 Å². The van der Waals surface area contributed by atoms with Crippen LogP contribution >= 0.6 is 11.3 Å². The molecule has 0 aliphatic heterocycles. The van der Waals surface area contributed by atoms with Gasteiger partial charge in [0.1, 0.15) is 17.2 Å². The van der Waals surface area contributed by atoms with Gasteiger partial charge in [0.25, 0.3) is 5.56 Å². The zero-order chi connectivity index (χ0) is 23.4. The normalized spacial score (nSPS) is 11.5. The van der Waals surface area contributed by atoms with Crippen molar-refractivity contribution in [2.45, 2.75) is 25.3 Å². The molecule has 170 valence electrons. The van der Waals surface area contributed by atoms with Gasteiger partial charge in [-0.2, -0.15) is 5.10 Å². The molecule has 1 N–H and O–H groups in total. The van der Waals surface area contributed by atoms with E-state index in [9.17, 15) is 13.2 Å². The van der Waals surface area contributed by atoms with Crippen molar-refractivity contribution in [1.82, 2.24) is 19.5 Å². The molecule has 33 heavy (non-hydrogen) atoms. The number of para-hydroxylation sites is 1. The van der Waals surface area contributed by atoms with Gasteiger partial charge in [-0.1, -0.05) is 18.2 Å². The first-order valence-electron chi connectivity index (χ1n) is 10.2. The molecule has 2 heterocycles. The van der Waals surface area contributed by atoms with E-state index in [-0.39, 0.29) is 23.5 Å². The minimum atomic E-state index is -3.76. The van der Waals surface area contributed by atoms with Crippen LogP contribution in [0, 0.1) is 13.8 Å². The van der Waals surface area contributed by atoms with E-state index >= 15 is 0 Å². The minimum Gasteiger partial charge on any atom is -0.457 e. The van der Waals surface area contributed by atoms with Crippen molar-refractivity contribution in [1.29, 1.82) is 0 Å². The molecule has 2 aromatic heterocycles. The van der Waals surface area contributed by atoms with E-state index in [1.54, 1.807) is 18.2 Å². The van der Waals surface area contributed by atoms with E-state index in [2.05, 4.69) is 14.8 Å². The summed E-state index contributed by atoms with van der Waals surface area (Å²) in [6.45, 7) is 3.91. The van der Waals surface area contributed by atoms with Gasteiger partial charge in [-0.15, -0.1) is 11.3 Å². The Labute approximate surface area is 195 Å². The van der Waals surface area contributed by atoms with Gasteiger partial charge >= 0.3 is 0 Å². The van der Waals surface area contributed by atoms with Crippen LogP contribution in [-0.2, 0) is 16.6 Å². The highest BCUT2D eigenvalue weighted by Gasteiger charge is 2.15. The lowest BCUT2D eigenvalue weighted by Crippen LogP contribution is -2.32. The monoisotopic (exact) mass is 482 g/mol. The summed E-state index contributed by atoms with van der Waals surface area (Å²) in [6, 6.07) is 18.4. The van der Waals surface area contributed by atoms with Gasteiger partial charge in [-0.3, -0.25) is 4.79 Å². The Balaban J connectivity index is 1.41. The highest BCUT2D eigenvalue weighted by Crippen LogP contribution is 2.27. The number of hydrogen-bond acceptors (Lipinski definition) is 7. The fourth-order valence-electron chi connectivity index (χ4n) is 3.18. The van der Waals surface area contributed by atoms with Crippen LogP contribution in [0.4, 0.5) is 0 Å². The largest absolute Gasteiger partial charge is 0.457 e. The number of thiazole rings is 1. The summed E-state index contributed by atoms with van der Waals surface area (Å²) in [5.41, 5.74) is 1.17. The quantitative estimate of drug-likeness (QED) is 0.410. The van der Waals surface area contributed by atoms with Crippen LogP contribution in [0.25, 0.3) is 10.6 Å². The molecular weight excluding hydrogens is 460 g/mol. The maximum Gasteiger partial charge on any atom is 0.266 e. The molecule has 0 saturated heterocycles. The van der Waals surface area contributed by atoms with Gasteiger partial charge in [-0.25, -0.2) is 22.8 Å². The van der Waals surface area contributed by atoms with Crippen LogP contribution in [0.2, 0.25) is 0 Å². The molecule has 4 rings (SSSR count). The third-order valence-corrected chi connectivity index (χ3v) is 7.30. The highest BCUT2D eigenvalue weighted by molar-refractivity contribution is 7.89. The Morgan fingerprint density at radius 1 is 0.970 bits per heavy atom. The standard InChI is InChI=1S/C23H22N4O4S2/c1-16-23(32-17(2)25-16)21-12-13-22(28)27(26-21)15-14-24-33(29,30)20-10-8-19(9-11-20)31-18-6-4-3-5-7-18/h3-13,24H,14-15H2,1-2H3. The maximum atomic E-state index is 12.6. The molecular formula is C23H22N4O4S2. The topological polar surface area (TPSA) is 103 Å². The van der Waals surface area contributed by atoms with E-state index in [0.29, 0.717) is 17.2 Å². The summed E-state index contributed by atoms with van der Waals surface area (Å²) in [5, 5.41) is 5.30. The van der Waals surface area contributed by atoms with Crippen molar-refractivity contribution in [3.05, 3.63) is 87.8 Å². The first-order chi connectivity index (χ1) is 15.8. The molecule has 0 spiro atoms. The molecule has 0 atom stereocenters. The van der Waals surface area contributed by atoms with Gasteiger partial charge in [0.15, 0.2) is 0 Å². The molecule has 8 nitrogen and oxygen atoms in total. The number of ether oxygens (including phenoxy) is 1. The Morgan fingerprint density at radius 3 is 2.33 bits per heavy atom. The molecule has 0 unspecified atom stereocenters. The first kappa shape index (κ1) is 22.8. The van der Waals surface area contributed by atoms with Gasteiger partial charge in [0.2, 0.25) is 10.0 Å². The van der Waals surface area contributed by atoms with Crippen LogP contribution in [-0.4, -0.2) is 29.7 Å². The van der Waals surface area contributed by atoms with Crippen molar-refractivity contribution in [2.24, 2.45) is 0 Å². The van der Waals surface area contributed by atoms with Crippen LogP contribution in [0.3, 0.4) is 0 Å². The molecule has 0 aliphatic rings. The van der Waals surface area contributed by atoms with Crippen molar-refractivity contribution in [2.75, 3.05) is 6.54 Å². The number of sulfonamides is 1. The van der Waals surface area contributed by atoms with E-state index in [4.69, 9.17) is 4.74 Å². The van der Waals surface area contributed by atoms with Gasteiger partial charge < -0.3 is 4.74 Å². The first-order valence-corrected chi connectivity index (χ1v) is 12.5. The van der Waals surface area contributed by atoms with Crippen LogP contribution in [0.5, 0.6) is 11.5 Å². The van der Waals surface area contributed by atoms with E-state index < -0.39 is 10.0 Å². The molecule has 0 radical (unpaired) electrons. The Kier molecular flexibility index (Phi) is 6.68. The van der Waals surface area contributed by atoms with Crippen LogP contribution in [0.15, 0.2) is 76.4 Å². The number of aryl methyl sites for hydroxylation is 2. The SMILES string of the molecule is Cc1nc(C)c(-c2ccc(=O)n(CCNS(=O)(=O)c3ccc(Oc4ccccc4)cc3)n2)s1. The highest BCUT2D eigenvalue weighted by atomic mass is 32.2. The summed E-state index contributed by atoms with van der Waals surface area (Å²) in [7, 11) is -3.76. The Bertz CT molecular complexity index is 1410. The molecule has 0 bridgehead atoms. The molecule has 2 aromatic carbocycles. The lowest BCUT2D eigenvalue weighted by Gasteiger charge is -2.10. The number of benzene rings is 2. The Hall–Kier alpha value is -3.34. The second-order valence-electron chi connectivity index (χ2n) is 7.21. The molecule has 0 fully saturated rings. The molecule has 0 saturated carbocycles. The predicted octanol–water partition coefficient (Wildman–Crippen LogP) is 3.75. The second-order valence-corrected chi connectivity index (χ2v) is 10.2. The summed E-state index contributed by atoms with van der Waals surface area (Å²) in [5.74, 6) is 1.19. The fourth-order valence-corrected chi connectivity index (χ4v) is 5.09. The van der Waals surface area contributed by atoms with Gasteiger partial charge in [-0.05, 0) is 56.3 Å². The number of rotatable bonds is 8. The third kappa shape index (κ3) is 5.54. The number of aromatic nitrogens is 3. The molecule has 0 amide bonds. The second kappa shape index (κ2) is 9.65. The van der Waals surface area contributed by atoms with Crippen molar-refractivity contribution >= 4 is 21.4 Å². The molecule has 10 heteroatoms. The van der Waals surface area contributed by atoms with E-state index in [0.717, 1.165) is 15.6 Å². The lowest BCUT2D eigenvalue weighted by molar-refractivity contribution is 0.482. The van der Waals surface area contributed by atoms with Crippen molar-refractivity contribution in [3.63, 3.8) is 0 Å². The molecule has 4 aromatic rings. The predicted molar refractivity (Wildman–Crippen MR) is 127 cm³/mol. The van der Waals surface area contributed by atoms with Crippen molar-refractivity contribution in [3.8, 4) is 22.1 Å². The summed E-state index contributed by atoms with van der Waals surface area (Å²) in [4.78, 5) is 17.6. The Morgan fingerprint density at radius 2 is 1.67 bits per heavy atom. The number of nitrogens with zero attached hydrogens (tertiary/aromatic N) is 3. The zero-order valence-electron chi connectivity index (χ0n) is 18.1. The molecule has 0 aliphatic carbocycles. The zero-order valence-corrected chi connectivity index (χ0v) is 19.7. The van der Waals surface area contributed by atoms with Crippen LogP contribution in [0.1, 0.15) is 10.7 Å². The minimum absolute atomic E-state index is 0.0155. The van der Waals surface area contributed by atoms with E-state index in [1.807, 2.05) is 44.2 Å². The smallest absolute Gasteiger partial charge is 0.266 e. The average Bonchev–Trinajstić information content (AvgIpc) is 3.14. The average molecular weight is 483 g/mol. The number of hydrogen-bond donors (Lipinski definition) is 1. The maximum absolute atomic E-state index is 12.6. The summed E-state index contributed by atoms with van der Waals surface area (Å²) >= 11 is 1.50.